The number of amides is 2. The van der Waals surface area contributed by atoms with Crippen LogP contribution in [0.2, 0.25) is 0 Å². The Balaban J connectivity index is 1.95. The summed E-state index contributed by atoms with van der Waals surface area (Å²) in [5.41, 5.74) is 1.11. The van der Waals surface area contributed by atoms with E-state index in [1.165, 1.54) is 0 Å². The van der Waals surface area contributed by atoms with E-state index in [1.807, 2.05) is 74.5 Å². The second-order valence-electron chi connectivity index (χ2n) is 6.49. The van der Waals surface area contributed by atoms with Gasteiger partial charge in [0.25, 0.3) is 11.8 Å². The summed E-state index contributed by atoms with van der Waals surface area (Å²) >= 11 is 0. The average Bonchev–Trinajstić information content (AvgIpc) is 2.85. The summed E-state index contributed by atoms with van der Waals surface area (Å²) in [4.78, 5) is 26.3. The molecule has 2 aromatic carbocycles. The number of carbonyl (C=O) groups is 2. The molecule has 1 aliphatic heterocycles. The van der Waals surface area contributed by atoms with Crippen molar-refractivity contribution in [3.05, 3.63) is 71.8 Å². The van der Waals surface area contributed by atoms with E-state index in [9.17, 15) is 9.59 Å². The minimum atomic E-state index is -0.927. The molecule has 1 fully saturated rings. The summed E-state index contributed by atoms with van der Waals surface area (Å²) in [5, 5.41) is 3.27. The third-order valence-corrected chi connectivity index (χ3v) is 5.14. The van der Waals surface area contributed by atoms with Gasteiger partial charge in [-0.1, -0.05) is 74.5 Å². The Hall–Kier alpha value is -2.62. The van der Waals surface area contributed by atoms with Gasteiger partial charge in [-0.3, -0.25) is 9.59 Å². The van der Waals surface area contributed by atoms with Crippen LogP contribution in [0.5, 0.6) is 0 Å². The van der Waals surface area contributed by atoms with Crippen molar-refractivity contribution in [1.82, 2.24) is 10.0 Å². The molecule has 0 spiro atoms. The van der Waals surface area contributed by atoms with E-state index in [2.05, 4.69) is 0 Å². The largest absolute Gasteiger partial charge is 0.272 e. The van der Waals surface area contributed by atoms with Crippen molar-refractivity contribution in [3.63, 3.8) is 0 Å². The number of hydrazine groups is 1. The SMILES string of the molecule is CCC1(CC)C(=O)N(Cc2ccccc2)N(Cc2ccccc2)C1=O. The standard InChI is InChI=1S/C21H24N2O2/c1-3-21(4-2)19(24)22(15-17-11-7-5-8-12-17)23(20(21)25)16-18-13-9-6-10-14-18/h5-14H,3-4,15-16H2,1-2H3. The van der Waals surface area contributed by atoms with E-state index >= 15 is 0 Å². The molecule has 2 aromatic rings. The van der Waals surface area contributed by atoms with Crippen LogP contribution >= 0.6 is 0 Å². The Labute approximate surface area is 149 Å². The number of carbonyl (C=O) groups excluding carboxylic acids is 2. The summed E-state index contributed by atoms with van der Waals surface area (Å²) in [6.07, 6.45) is 1.05. The molecule has 0 saturated carbocycles. The second kappa shape index (κ2) is 7.09. The minimum absolute atomic E-state index is 0.0812. The zero-order valence-corrected chi connectivity index (χ0v) is 14.8. The van der Waals surface area contributed by atoms with Gasteiger partial charge < -0.3 is 0 Å². The first-order chi connectivity index (χ1) is 12.1. The van der Waals surface area contributed by atoms with Gasteiger partial charge in [-0.05, 0) is 24.0 Å². The van der Waals surface area contributed by atoms with E-state index in [0.29, 0.717) is 25.9 Å². The maximum atomic E-state index is 13.2. The molecule has 25 heavy (non-hydrogen) atoms. The average molecular weight is 336 g/mol. The molecule has 0 bridgehead atoms. The van der Waals surface area contributed by atoms with Crippen LogP contribution in [0.4, 0.5) is 0 Å². The smallest absolute Gasteiger partial charge is 0.257 e. The Morgan fingerprint density at radius 1 is 0.680 bits per heavy atom. The van der Waals surface area contributed by atoms with Gasteiger partial charge >= 0.3 is 0 Å². The normalized spacial score (nSPS) is 16.6. The Bertz CT molecular complexity index is 678. The van der Waals surface area contributed by atoms with Crippen molar-refractivity contribution in [2.45, 2.75) is 39.8 Å². The van der Waals surface area contributed by atoms with E-state index in [4.69, 9.17) is 0 Å². The fraction of sp³-hybridized carbons (Fsp3) is 0.333. The first-order valence-electron chi connectivity index (χ1n) is 8.84. The minimum Gasteiger partial charge on any atom is -0.272 e. The van der Waals surface area contributed by atoms with Gasteiger partial charge in [0.15, 0.2) is 0 Å². The molecule has 1 heterocycles. The van der Waals surface area contributed by atoms with Crippen LogP contribution in [0, 0.1) is 5.41 Å². The van der Waals surface area contributed by atoms with Crippen LogP contribution in [0.25, 0.3) is 0 Å². The van der Waals surface area contributed by atoms with Crippen molar-refractivity contribution in [2.75, 3.05) is 0 Å². The van der Waals surface area contributed by atoms with Crippen LogP contribution in [0.15, 0.2) is 60.7 Å². The summed E-state index contributed by atoms with van der Waals surface area (Å²) < 4.78 is 0. The molecule has 1 aliphatic rings. The van der Waals surface area contributed by atoms with Crippen LogP contribution in [0.1, 0.15) is 37.8 Å². The van der Waals surface area contributed by atoms with E-state index in [0.717, 1.165) is 11.1 Å². The molecule has 0 radical (unpaired) electrons. The number of hydrogen-bond acceptors (Lipinski definition) is 2. The molecule has 0 N–H and O–H groups in total. The molecule has 0 aliphatic carbocycles. The fourth-order valence-electron chi connectivity index (χ4n) is 3.49. The molecule has 0 aromatic heterocycles. The van der Waals surface area contributed by atoms with Crippen molar-refractivity contribution in [2.24, 2.45) is 5.41 Å². The Kier molecular flexibility index (Phi) is 4.88. The van der Waals surface area contributed by atoms with Gasteiger partial charge in [-0.2, -0.15) is 0 Å². The molecule has 130 valence electrons. The van der Waals surface area contributed by atoms with Gasteiger partial charge in [0.1, 0.15) is 5.41 Å². The molecule has 2 amide bonds. The van der Waals surface area contributed by atoms with Gasteiger partial charge in [0, 0.05) is 0 Å². The third-order valence-electron chi connectivity index (χ3n) is 5.14. The van der Waals surface area contributed by atoms with Crippen LogP contribution in [-0.2, 0) is 22.7 Å². The highest BCUT2D eigenvalue weighted by Crippen LogP contribution is 2.39. The van der Waals surface area contributed by atoms with Gasteiger partial charge in [0.05, 0.1) is 13.1 Å². The molecule has 4 heteroatoms. The van der Waals surface area contributed by atoms with E-state index < -0.39 is 5.41 Å². The van der Waals surface area contributed by atoms with E-state index in [-0.39, 0.29) is 11.8 Å². The summed E-state index contributed by atoms with van der Waals surface area (Å²) in [7, 11) is 0. The molecule has 0 unspecified atom stereocenters. The van der Waals surface area contributed by atoms with Gasteiger partial charge in [-0.25, -0.2) is 10.0 Å². The lowest BCUT2D eigenvalue weighted by molar-refractivity contribution is -0.149. The molecule has 3 rings (SSSR count). The Morgan fingerprint density at radius 3 is 1.36 bits per heavy atom. The zero-order valence-electron chi connectivity index (χ0n) is 14.8. The van der Waals surface area contributed by atoms with E-state index in [1.54, 1.807) is 10.0 Å². The number of hydrogen-bond donors (Lipinski definition) is 0. The summed E-state index contributed by atoms with van der Waals surface area (Å²) in [5.74, 6) is -0.162. The lowest BCUT2D eigenvalue weighted by Gasteiger charge is -2.28. The summed E-state index contributed by atoms with van der Waals surface area (Å²) in [6, 6.07) is 19.6. The van der Waals surface area contributed by atoms with Crippen molar-refractivity contribution < 1.29 is 9.59 Å². The number of benzene rings is 2. The second-order valence-corrected chi connectivity index (χ2v) is 6.49. The fourth-order valence-corrected chi connectivity index (χ4v) is 3.49. The quantitative estimate of drug-likeness (QED) is 0.753. The van der Waals surface area contributed by atoms with Crippen LogP contribution in [0.3, 0.4) is 0 Å². The monoisotopic (exact) mass is 336 g/mol. The van der Waals surface area contributed by atoms with Crippen molar-refractivity contribution in [1.29, 1.82) is 0 Å². The summed E-state index contributed by atoms with van der Waals surface area (Å²) in [6.45, 7) is 4.68. The molecule has 4 nitrogen and oxygen atoms in total. The maximum absolute atomic E-state index is 13.2. The third kappa shape index (κ3) is 3.04. The predicted molar refractivity (Wildman–Crippen MR) is 97.0 cm³/mol. The van der Waals surface area contributed by atoms with Crippen LogP contribution in [-0.4, -0.2) is 21.8 Å². The maximum Gasteiger partial charge on any atom is 0.257 e. The molecule has 1 saturated heterocycles. The predicted octanol–water partition coefficient (Wildman–Crippen LogP) is 3.78. The highest BCUT2D eigenvalue weighted by Gasteiger charge is 2.55. The molecule has 0 atom stereocenters. The van der Waals surface area contributed by atoms with Gasteiger partial charge in [-0.15, -0.1) is 0 Å². The molecular formula is C21H24N2O2. The Morgan fingerprint density at radius 2 is 1.04 bits per heavy atom. The lowest BCUT2D eigenvalue weighted by atomic mass is 9.81. The zero-order chi connectivity index (χ0) is 17.9. The van der Waals surface area contributed by atoms with Gasteiger partial charge in [0.2, 0.25) is 0 Å². The van der Waals surface area contributed by atoms with Crippen molar-refractivity contribution >= 4 is 11.8 Å². The first-order valence-corrected chi connectivity index (χ1v) is 8.84. The van der Waals surface area contributed by atoms with Crippen molar-refractivity contribution in [3.8, 4) is 0 Å². The highest BCUT2D eigenvalue weighted by molar-refractivity contribution is 6.09. The number of rotatable bonds is 6. The topological polar surface area (TPSA) is 40.6 Å². The van der Waals surface area contributed by atoms with Crippen LogP contribution < -0.4 is 0 Å². The first kappa shape index (κ1) is 17.2. The highest BCUT2D eigenvalue weighted by atomic mass is 16.2. The number of nitrogens with zero attached hydrogens (tertiary/aromatic N) is 2. The lowest BCUT2D eigenvalue weighted by Crippen LogP contribution is -2.39. The molecular weight excluding hydrogens is 312 g/mol.